The van der Waals surface area contributed by atoms with E-state index in [0.717, 1.165) is 18.6 Å². The maximum Gasteiger partial charge on any atom is 0.365 e. The fourth-order valence-corrected chi connectivity index (χ4v) is 4.65. The van der Waals surface area contributed by atoms with E-state index in [2.05, 4.69) is 31.2 Å². The molecule has 140 valence electrons. The largest absolute Gasteiger partial charge is 0.365 e. The molecule has 0 heterocycles. The van der Waals surface area contributed by atoms with Gasteiger partial charge in [-0.15, -0.1) is 0 Å². The molecular weight excluding hydrogens is 328 g/mol. The van der Waals surface area contributed by atoms with E-state index in [1.54, 1.807) is 24.3 Å². The highest BCUT2D eigenvalue weighted by molar-refractivity contribution is 6.02. The summed E-state index contributed by atoms with van der Waals surface area (Å²) in [5.74, 6) is -0.385. The summed E-state index contributed by atoms with van der Waals surface area (Å²) in [4.78, 5) is 30.5. The van der Waals surface area contributed by atoms with Gasteiger partial charge in [-0.2, -0.15) is 0 Å². The number of hydrogen-bond donors (Lipinski definition) is 1. The van der Waals surface area contributed by atoms with Crippen LogP contribution in [0, 0.1) is 16.2 Å². The smallest absolute Gasteiger partial charge is 0.353 e. The monoisotopic (exact) mass is 356 g/mol. The second-order valence-corrected chi connectivity index (χ2v) is 8.63. The van der Waals surface area contributed by atoms with Crippen LogP contribution in [0.1, 0.15) is 64.2 Å². The first-order valence-electron chi connectivity index (χ1n) is 9.29. The number of nitrogens with zero attached hydrogens (tertiary/aromatic N) is 1. The van der Waals surface area contributed by atoms with Crippen LogP contribution < -0.4 is 5.32 Å². The molecule has 26 heavy (non-hydrogen) atoms. The van der Waals surface area contributed by atoms with Crippen molar-refractivity contribution in [2.45, 2.75) is 59.9 Å². The summed E-state index contributed by atoms with van der Waals surface area (Å²) < 4.78 is 0. The number of fused-ring (bicyclic) bond motifs is 2. The predicted molar refractivity (Wildman–Crippen MR) is 101 cm³/mol. The first-order valence-corrected chi connectivity index (χ1v) is 9.29. The minimum atomic E-state index is -0.496. The first-order chi connectivity index (χ1) is 12.1. The second-order valence-electron chi connectivity index (χ2n) is 8.63. The van der Waals surface area contributed by atoms with Crippen LogP contribution in [0.4, 0.5) is 0 Å². The number of amides is 1. The van der Waals surface area contributed by atoms with Crippen molar-refractivity contribution in [1.29, 1.82) is 0 Å². The molecule has 2 saturated carbocycles. The number of oxime groups is 1. The Morgan fingerprint density at radius 2 is 1.77 bits per heavy atom. The van der Waals surface area contributed by atoms with Crippen LogP contribution >= 0.6 is 0 Å². The van der Waals surface area contributed by atoms with Crippen LogP contribution in [0.15, 0.2) is 35.5 Å². The molecule has 1 aromatic carbocycles. The normalized spacial score (nSPS) is 30.6. The van der Waals surface area contributed by atoms with E-state index < -0.39 is 11.4 Å². The summed E-state index contributed by atoms with van der Waals surface area (Å²) in [6.07, 6.45) is 2.24. The lowest BCUT2D eigenvalue weighted by atomic mass is 9.64. The quantitative estimate of drug-likeness (QED) is 0.656. The van der Waals surface area contributed by atoms with Crippen molar-refractivity contribution in [2.24, 2.45) is 21.4 Å². The summed E-state index contributed by atoms with van der Waals surface area (Å²) in [5, 5.41) is 7.33. The van der Waals surface area contributed by atoms with Gasteiger partial charge in [-0.1, -0.05) is 44.1 Å². The summed E-state index contributed by atoms with van der Waals surface area (Å²) in [6, 6.07) is 8.92. The molecule has 5 nitrogen and oxygen atoms in total. The Balaban J connectivity index is 1.87. The van der Waals surface area contributed by atoms with Gasteiger partial charge in [-0.3, -0.25) is 4.79 Å². The molecule has 0 aromatic heterocycles. The minimum absolute atomic E-state index is 0.0841. The maximum absolute atomic E-state index is 13.0. The predicted octanol–water partition coefficient (Wildman–Crippen LogP) is 3.94. The number of hydrogen-bond acceptors (Lipinski definition) is 4. The Labute approximate surface area is 155 Å². The van der Waals surface area contributed by atoms with Crippen LogP contribution in [-0.2, 0) is 9.63 Å². The van der Waals surface area contributed by atoms with Crippen LogP contribution in [0.3, 0.4) is 0 Å². The van der Waals surface area contributed by atoms with Gasteiger partial charge in [0.15, 0.2) is 0 Å². The second kappa shape index (κ2) is 6.22. The Bertz CT molecular complexity index is 754. The zero-order chi connectivity index (χ0) is 19.2. The molecule has 2 aliphatic rings. The van der Waals surface area contributed by atoms with Gasteiger partial charge in [0.05, 0.1) is 16.7 Å². The van der Waals surface area contributed by atoms with E-state index in [-0.39, 0.29) is 22.8 Å². The molecule has 5 heteroatoms. The number of rotatable bonds is 4. The summed E-state index contributed by atoms with van der Waals surface area (Å²) in [5.41, 5.74) is 0.285. The summed E-state index contributed by atoms with van der Waals surface area (Å²) in [7, 11) is 0. The van der Waals surface area contributed by atoms with Gasteiger partial charge >= 0.3 is 5.97 Å². The molecule has 3 rings (SSSR count). The Kier molecular flexibility index (Phi) is 4.45. The molecule has 0 saturated heterocycles. The molecule has 1 N–H and O–H groups in total. The Hall–Kier alpha value is -2.17. The fraction of sp³-hybridized carbons (Fsp3) is 0.571. The maximum atomic E-state index is 13.0. The van der Waals surface area contributed by atoms with Gasteiger partial charge in [0.25, 0.3) is 0 Å². The topological polar surface area (TPSA) is 67.8 Å². The van der Waals surface area contributed by atoms with Crippen molar-refractivity contribution >= 4 is 17.6 Å². The van der Waals surface area contributed by atoms with E-state index >= 15 is 0 Å². The molecule has 0 radical (unpaired) electrons. The van der Waals surface area contributed by atoms with Gasteiger partial charge in [-0.05, 0) is 44.2 Å². The van der Waals surface area contributed by atoms with Crippen molar-refractivity contribution in [3.63, 3.8) is 0 Å². The third kappa shape index (κ3) is 2.56. The van der Waals surface area contributed by atoms with E-state index in [4.69, 9.17) is 4.84 Å². The molecule has 0 spiro atoms. The summed E-state index contributed by atoms with van der Waals surface area (Å²) >= 11 is 0. The molecule has 2 bridgehead atoms. The lowest BCUT2D eigenvalue weighted by molar-refractivity contribution is -0.136. The molecule has 2 unspecified atom stereocenters. The number of carbonyl (C=O) groups excluding carboxylic acids is 2. The Morgan fingerprint density at radius 3 is 2.38 bits per heavy atom. The van der Waals surface area contributed by atoms with E-state index in [0.29, 0.717) is 12.0 Å². The number of carbonyl (C=O) groups is 2. The van der Waals surface area contributed by atoms with Gasteiger partial charge in [-0.25, -0.2) is 4.79 Å². The number of nitrogens with one attached hydrogen (secondary N) is 1. The molecule has 0 aliphatic heterocycles. The molecule has 1 aromatic rings. The van der Waals surface area contributed by atoms with Crippen molar-refractivity contribution in [3.8, 4) is 0 Å². The third-order valence-electron chi connectivity index (χ3n) is 6.84. The van der Waals surface area contributed by atoms with Crippen molar-refractivity contribution in [1.82, 2.24) is 5.32 Å². The molecule has 2 fully saturated rings. The molecule has 2 aliphatic carbocycles. The molecular formula is C21H28N2O3. The lowest BCUT2D eigenvalue weighted by Gasteiger charge is -2.39. The summed E-state index contributed by atoms with van der Waals surface area (Å²) in [6.45, 7) is 10.4. The van der Waals surface area contributed by atoms with E-state index in [1.807, 2.05) is 19.9 Å². The highest BCUT2D eigenvalue weighted by Crippen LogP contribution is 2.71. The number of benzene rings is 1. The zero-order valence-electron chi connectivity index (χ0n) is 16.3. The lowest BCUT2D eigenvalue weighted by Crippen LogP contribution is -2.48. The van der Waals surface area contributed by atoms with Gasteiger partial charge in [0.1, 0.15) is 0 Å². The molecule has 1 amide bonds. The Morgan fingerprint density at radius 1 is 1.12 bits per heavy atom. The minimum Gasteiger partial charge on any atom is -0.353 e. The average molecular weight is 356 g/mol. The van der Waals surface area contributed by atoms with Crippen LogP contribution in [0.25, 0.3) is 0 Å². The van der Waals surface area contributed by atoms with Gasteiger partial charge in [0, 0.05) is 17.9 Å². The fourth-order valence-electron chi connectivity index (χ4n) is 4.65. The standard InChI is InChI=1S/C21H28N2O3/c1-14(2)22-18(25)21-12-11-20(5,19(21,3)4)16(13-21)23-26-17(24)15-9-7-6-8-10-15/h6-10,14H,11-13H2,1-5H3,(H,22,25)/b23-16-. The van der Waals surface area contributed by atoms with Crippen LogP contribution in [-0.4, -0.2) is 23.6 Å². The van der Waals surface area contributed by atoms with Crippen LogP contribution in [0.5, 0.6) is 0 Å². The zero-order valence-corrected chi connectivity index (χ0v) is 16.3. The van der Waals surface area contributed by atoms with Crippen molar-refractivity contribution in [3.05, 3.63) is 35.9 Å². The highest BCUT2D eigenvalue weighted by Gasteiger charge is 2.71. The van der Waals surface area contributed by atoms with Crippen LogP contribution in [0.2, 0.25) is 0 Å². The average Bonchev–Trinajstić information content (AvgIpc) is 2.90. The first kappa shape index (κ1) is 18.6. The van der Waals surface area contributed by atoms with E-state index in [9.17, 15) is 9.59 Å². The van der Waals surface area contributed by atoms with Crippen molar-refractivity contribution < 1.29 is 14.4 Å². The third-order valence-corrected chi connectivity index (χ3v) is 6.84. The SMILES string of the molecule is CC(C)NC(=O)C12CCC(C)(/C(=N\OC(=O)c3ccccc3)C1)C2(C)C. The van der Waals surface area contributed by atoms with E-state index in [1.165, 1.54) is 0 Å². The van der Waals surface area contributed by atoms with Gasteiger partial charge in [0.2, 0.25) is 5.91 Å². The van der Waals surface area contributed by atoms with Crippen molar-refractivity contribution in [2.75, 3.05) is 0 Å². The van der Waals surface area contributed by atoms with Gasteiger partial charge < -0.3 is 10.2 Å². The highest BCUT2D eigenvalue weighted by atomic mass is 16.7. The molecule has 2 atom stereocenters.